The van der Waals surface area contributed by atoms with Gasteiger partial charge in [-0.2, -0.15) is 0 Å². The maximum absolute atomic E-state index is 6.13. The van der Waals surface area contributed by atoms with Gasteiger partial charge < -0.3 is 11.1 Å². The Morgan fingerprint density at radius 3 is 1.91 bits per heavy atom. The Bertz CT molecular complexity index is 1420. The van der Waals surface area contributed by atoms with Crippen LogP contribution in [0.2, 0.25) is 0 Å². The summed E-state index contributed by atoms with van der Waals surface area (Å²) in [5, 5.41) is 3.46. The van der Waals surface area contributed by atoms with Crippen molar-refractivity contribution in [3.63, 3.8) is 0 Å². The lowest BCUT2D eigenvalue weighted by Gasteiger charge is -2.15. The molecule has 1 aliphatic carbocycles. The van der Waals surface area contributed by atoms with Gasteiger partial charge in [0, 0.05) is 41.3 Å². The van der Waals surface area contributed by atoms with Crippen molar-refractivity contribution in [3.05, 3.63) is 150 Å². The third-order valence-electron chi connectivity index (χ3n) is 6.03. The normalized spacial score (nSPS) is 12.5. The van der Waals surface area contributed by atoms with E-state index in [1.165, 1.54) is 5.57 Å². The molecule has 5 rings (SSSR count). The second-order valence-corrected chi connectivity index (χ2v) is 8.58. The Morgan fingerprint density at radius 1 is 0.657 bits per heavy atom. The zero-order chi connectivity index (χ0) is 24.0. The fourth-order valence-corrected chi connectivity index (χ4v) is 4.15. The number of benzene rings is 4. The molecule has 1 aliphatic rings. The van der Waals surface area contributed by atoms with Crippen molar-refractivity contribution in [1.29, 1.82) is 0 Å². The van der Waals surface area contributed by atoms with Crippen molar-refractivity contribution in [2.75, 3.05) is 11.1 Å². The average Bonchev–Trinajstić information content (AvgIpc) is 2.90. The van der Waals surface area contributed by atoms with Gasteiger partial charge in [0.15, 0.2) is 0 Å². The highest BCUT2D eigenvalue weighted by atomic mass is 14.9. The van der Waals surface area contributed by atoms with Gasteiger partial charge in [-0.25, -0.2) is 4.99 Å². The molecule has 0 heterocycles. The number of para-hydroxylation sites is 2. The van der Waals surface area contributed by atoms with E-state index in [0.29, 0.717) is 0 Å². The van der Waals surface area contributed by atoms with Gasteiger partial charge in [0.2, 0.25) is 11.4 Å². The van der Waals surface area contributed by atoms with Crippen LogP contribution in [0.4, 0.5) is 22.7 Å². The highest BCUT2D eigenvalue weighted by molar-refractivity contribution is 6.03. The van der Waals surface area contributed by atoms with Crippen molar-refractivity contribution in [2.45, 2.75) is 6.92 Å². The molecule has 0 fully saturated rings. The van der Waals surface area contributed by atoms with Gasteiger partial charge >= 0.3 is 0 Å². The van der Waals surface area contributed by atoms with Crippen molar-refractivity contribution in [2.24, 2.45) is 0 Å². The molecule has 0 bridgehead atoms. The third-order valence-corrected chi connectivity index (χ3v) is 6.03. The molecule has 4 aromatic rings. The molecule has 35 heavy (non-hydrogen) atoms. The van der Waals surface area contributed by atoms with E-state index in [4.69, 9.17) is 5.73 Å². The number of hydrogen-bond acceptors (Lipinski definition) is 2. The van der Waals surface area contributed by atoms with E-state index >= 15 is 0 Å². The highest BCUT2D eigenvalue weighted by Gasteiger charge is 2.14. The number of nitrogens with two attached hydrogens (primary N) is 1. The molecule has 0 amide bonds. The Kier molecular flexibility index (Phi) is 6.40. The van der Waals surface area contributed by atoms with E-state index in [0.717, 1.165) is 50.7 Å². The molecule has 3 heteroatoms. The SMILES string of the molecule is Cc1cc(C(=C2C=CC(=[NH+]c3ccccc3)C=C2)c2ccc(Nc3ccccc3)cc2)ccc1N. The molecule has 0 radical (unpaired) electrons. The molecule has 4 N–H and O–H groups in total. The van der Waals surface area contributed by atoms with Crippen LogP contribution in [0, 0.1) is 6.92 Å². The largest absolute Gasteiger partial charge is 0.399 e. The van der Waals surface area contributed by atoms with Crippen LogP contribution < -0.4 is 16.0 Å². The molecule has 0 atom stereocenters. The van der Waals surface area contributed by atoms with E-state index in [2.05, 4.69) is 102 Å². The summed E-state index contributed by atoms with van der Waals surface area (Å²) in [6.45, 7) is 2.05. The standard InChI is InChI=1S/C32H27N3/c1-23-22-26(16-21-31(23)33)32(24-12-17-29(18-13-24)34-27-8-4-2-5-9-27)25-14-19-30(20-15-25)35-28-10-6-3-7-11-28/h2-22,34H,33H2,1H3/p+1. The second kappa shape index (κ2) is 10.1. The van der Waals surface area contributed by atoms with Gasteiger partial charge in [0.1, 0.15) is 0 Å². The molecule has 0 aromatic heterocycles. The lowest BCUT2D eigenvalue weighted by atomic mass is 9.90. The summed E-state index contributed by atoms with van der Waals surface area (Å²) in [6.07, 6.45) is 8.58. The van der Waals surface area contributed by atoms with Gasteiger partial charge in [-0.05, 0) is 83.3 Å². The number of allylic oxidation sites excluding steroid dienone is 5. The summed E-state index contributed by atoms with van der Waals surface area (Å²) in [4.78, 5) is 3.46. The fourth-order valence-electron chi connectivity index (χ4n) is 4.15. The second-order valence-electron chi connectivity index (χ2n) is 8.58. The Hall–Kier alpha value is -4.63. The van der Waals surface area contributed by atoms with E-state index in [-0.39, 0.29) is 0 Å². The number of aryl methyl sites for hydroxylation is 1. The molecular formula is C32H28N3+. The first kappa shape index (κ1) is 22.2. The van der Waals surface area contributed by atoms with Gasteiger partial charge in [-0.3, -0.25) is 0 Å². The third kappa shape index (κ3) is 5.31. The highest BCUT2D eigenvalue weighted by Crippen LogP contribution is 2.32. The molecular weight excluding hydrogens is 426 g/mol. The van der Waals surface area contributed by atoms with E-state index < -0.39 is 0 Å². The van der Waals surface area contributed by atoms with Crippen LogP contribution in [0.15, 0.2) is 133 Å². The van der Waals surface area contributed by atoms with Gasteiger partial charge in [0.25, 0.3) is 0 Å². The molecule has 0 unspecified atom stereocenters. The first-order chi connectivity index (χ1) is 17.2. The van der Waals surface area contributed by atoms with Crippen LogP contribution in [0.25, 0.3) is 5.57 Å². The fraction of sp³-hybridized carbons (Fsp3) is 0.0312. The van der Waals surface area contributed by atoms with Gasteiger partial charge in [-0.1, -0.05) is 54.6 Å². The van der Waals surface area contributed by atoms with Crippen LogP contribution in [0.3, 0.4) is 0 Å². The first-order valence-electron chi connectivity index (χ1n) is 11.7. The summed E-state index contributed by atoms with van der Waals surface area (Å²) in [5.74, 6) is 0. The molecule has 4 aromatic carbocycles. The molecule has 170 valence electrons. The van der Waals surface area contributed by atoms with Crippen LogP contribution >= 0.6 is 0 Å². The van der Waals surface area contributed by atoms with Crippen molar-refractivity contribution >= 4 is 34.0 Å². The minimum absolute atomic E-state index is 0.804. The lowest BCUT2D eigenvalue weighted by Crippen LogP contribution is -2.65. The molecule has 0 aliphatic heterocycles. The van der Waals surface area contributed by atoms with Crippen molar-refractivity contribution < 1.29 is 4.99 Å². The predicted octanol–water partition coefficient (Wildman–Crippen LogP) is 6.10. The van der Waals surface area contributed by atoms with Crippen LogP contribution in [-0.2, 0) is 0 Å². The summed E-state index contributed by atoms with van der Waals surface area (Å²) < 4.78 is 0. The Labute approximate surface area is 206 Å². The first-order valence-corrected chi connectivity index (χ1v) is 11.7. The van der Waals surface area contributed by atoms with Gasteiger partial charge in [0.05, 0.1) is 0 Å². The molecule has 0 saturated heterocycles. The maximum atomic E-state index is 6.13. The van der Waals surface area contributed by atoms with Crippen LogP contribution in [0.5, 0.6) is 0 Å². The number of nitrogen functional groups attached to an aromatic ring is 1. The Morgan fingerprint density at radius 2 is 1.26 bits per heavy atom. The maximum Gasteiger partial charge on any atom is 0.203 e. The number of rotatable bonds is 5. The summed E-state index contributed by atoms with van der Waals surface area (Å²) in [6, 6.07) is 35.2. The number of hydrogen-bond donors (Lipinski definition) is 3. The number of anilines is 3. The smallest absolute Gasteiger partial charge is 0.203 e. The minimum Gasteiger partial charge on any atom is -0.399 e. The van der Waals surface area contributed by atoms with E-state index in [1.807, 2.05) is 42.5 Å². The van der Waals surface area contributed by atoms with Crippen molar-refractivity contribution in [3.8, 4) is 0 Å². The zero-order valence-electron chi connectivity index (χ0n) is 19.7. The van der Waals surface area contributed by atoms with Crippen LogP contribution in [0.1, 0.15) is 16.7 Å². The van der Waals surface area contributed by atoms with Gasteiger partial charge in [-0.15, -0.1) is 0 Å². The minimum atomic E-state index is 0.804. The average molecular weight is 455 g/mol. The van der Waals surface area contributed by atoms with Crippen LogP contribution in [-0.4, -0.2) is 5.71 Å². The predicted molar refractivity (Wildman–Crippen MR) is 148 cm³/mol. The quantitative estimate of drug-likeness (QED) is 0.319. The summed E-state index contributed by atoms with van der Waals surface area (Å²) >= 11 is 0. The molecule has 0 spiro atoms. The molecule has 0 saturated carbocycles. The van der Waals surface area contributed by atoms with E-state index in [9.17, 15) is 0 Å². The topological polar surface area (TPSA) is 52.0 Å². The number of nitrogens with one attached hydrogen (secondary N) is 2. The summed E-state index contributed by atoms with van der Waals surface area (Å²) in [7, 11) is 0. The Balaban J connectivity index is 1.51. The lowest BCUT2D eigenvalue weighted by molar-refractivity contribution is -0.351. The zero-order valence-corrected chi connectivity index (χ0v) is 19.7. The summed E-state index contributed by atoms with van der Waals surface area (Å²) in [5.41, 5.74) is 16.9. The monoisotopic (exact) mass is 454 g/mol. The van der Waals surface area contributed by atoms with Crippen molar-refractivity contribution in [1.82, 2.24) is 0 Å². The molecule has 3 nitrogen and oxygen atoms in total. The van der Waals surface area contributed by atoms with E-state index in [1.54, 1.807) is 0 Å².